The van der Waals surface area contributed by atoms with Crippen LogP contribution in [-0.4, -0.2) is 19.6 Å². The summed E-state index contributed by atoms with van der Waals surface area (Å²) in [5.74, 6) is -0.0868. The first-order chi connectivity index (χ1) is 10.2. The second kappa shape index (κ2) is 15.8. The van der Waals surface area contributed by atoms with Gasteiger partial charge in [-0.1, -0.05) is 71.1 Å². The number of amides is 1. The minimum atomic E-state index is -0.137. The Morgan fingerprint density at radius 3 is 1.81 bits per heavy atom. The lowest BCUT2D eigenvalue weighted by atomic mass is 9.95. The summed E-state index contributed by atoms with van der Waals surface area (Å²) in [6.45, 7) is 2.98. The summed E-state index contributed by atoms with van der Waals surface area (Å²) < 4.78 is 5.02. The molecule has 1 amide bonds. The molecule has 0 aromatic carbocycles. The van der Waals surface area contributed by atoms with Crippen molar-refractivity contribution in [1.82, 2.24) is 0 Å². The molecule has 0 spiro atoms. The van der Waals surface area contributed by atoms with Crippen LogP contribution in [0.25, 0.3) is 0 Å². The molecule has 0 bridgehead atoms. The van der Waals surface area contributed by atoms with Crippen molar-refractivity contribution in [3.8, 4) is 0 Å². The van der Waals surface area contributed by atoms with Gasteiger partial charge in [0.15, 0.2) is 0 Å². The van der Waals surface area contributed by atoms with Gasteiger partial charge in [-0.3, -0.25) is 4.79 Å². The molecule has 0 aliphatic rings. The first kappa shape index (κ1) is 20.4. The van der Waals surface area contributed by atoms with Gasteiger partial charge in [0.1, 0.15) is 0 Å². The Morgan fingerprint density at radius 2 is 1.33 bits per heavy atom. The highest BCUT2D eigenvalue weighted by atomic mass is 16.5. The third-order valence-electron chi connectivity index (χ3n) is 4.21. The van der Waals surface area contributed by atoms with E-state index in [1.54, 1.807) is 7.11 Å². The van der Waals surface area contributed by atoms with Crippen LogP contribution in [0, 0.1) is 5.92 Å². The minimum Gasteiger partial charge on any atom is -0.385 e. The zero-order chi connectivity index (χ0) is 15.8. The van der Waals surface area contributed by atoms with Crippen LogP contribution < -0.4 is 5.73 Å². The van der Waals surface area contributed by atoms with Crippen LogP contribution in [0.3, 0.4) is 0 Å². The minimum absolute atomic E-state index is 0.0502. The maximum Gasteiger partial charge on any atom is 0.220 e. The van der Waals surface area contributed by atoms with E-state index in [2.05, 4.69) is 6.92 Å². The maximum absolute atomic E-state index is 11.4. The molecular formula is C18H37NO2. The Hall–Kier alpha value is -0.570. The topological polar surface area (TPSA) is 52.3 Å². The average Bonchev–Trinajstić information content (AvgIpc) is 2.47. The van der Waals surface area contributed by atoms with Gasteiger partial charge in [-0.15, -0.1) is 0 Å². The Balaban J connectivity index is 3.39. The second-order valence-electron chi connectivity index (χ2n) is 6.20. The van der Waals surface area contributed by atoms with Crippen molar-refractivity contribution >= 4 is 5.91 Å². The summed E-state index contributed by atoms with van der Waals surface area (Å²) in [6, 6.07) is 0. The molecule has 1 unspecified atom stereocenters. The quantitative estimate of drug-likeness (QED) is 0.415. The molecule has 0 fully saturated rings. The fraction of sp³-hybridized carbons (Fsp3) is 0.944. The third-order valence-corrected chi connectivity index (χ3v) is 4.21. The normalized spacial score (nSPS) is 12.5. The molecule has 21 heavy (non-hydrogen) atoms. The Kier molecular flexibility index (Phi) is 15.4. The average molecular weight is 299 g/mol. The van der Waals surface area contributed by atoms with E-state index in [0.29, 0.717) is 0 Å². The molecule has 1 atom stereocenters. The summed E-state index contributed by atoms with van der Waals surface area (Å²) in [7, 11) is 1.70. The van der Waals surface area contributed by atoms with Gasteiger partial charge in [0.2, 0.25) is 5.91 Å². The number of ether oxygens (including phenoxy) is 1. The smallest absolute Gasteiger partial charge is 0.220 e. The summed E-state index contributed by atoms with van der Waals surface area (Å²) in [6.07, 6.45) is 16.1. The van der Waals surface area contributed by atoms with Crippen LogP contribution in [0.15, 0.2) is 0 Å². The lowest BCUT2D eigenvalue weighted by Gasteiger charge is -2.12. The summed E-state index contributed by atoms with van der Waals surface area (Å²) in [5.41, 5.74) is 5.46. The zero-order valence-corrected chi connectivity index (χ0v) is 14.4. The van der Waals surface area contributed by atoms with Gasteiger partial charge in [-0.25, -0.2) is 0 Å². The number of unbranched alkanes of at least 4 members (excludes halogenated alkanes) is 9. The van der Waals surface area contributed by atoms with Crippen molar-refractivity contribution < 1.29 is 9.53 Å². The predicted octanol–water partition coefficient (Wildman–Crippen LogP) is 4.83. The number of methoxy groups -OCH3 is 1. The molecule has 0 radical (unpaired) electrons. The van der Waals surface area contributed by atoms with Crippen LogP contribution in [0.4, 0.5) is 0 Å². The van der Waals surface area contributed by atoms with Crippen molar-refractivity contribution in [2.75, 3.05) is 13.7 Å². The largest absolute Gasteiger partial charge is 0.385 e. The number of hydrogen-bond donors (Lipinski definition) is 1. The highest BCUT2D eigenvalue weighted by Crippen LogP contribution is 2.17. The first-order valence-electron chi connectivity index (χ1n) is 9.00. The standard InChI is InChI=1S/C18H37NO2/c1-3-4-5-6-7-8-9-10-11-12-14-17(18(19)20)15-13-16-21-2/h17H,3-16H2,1-2H3,(H2,19,20). The van der Waals surface area contributed by atoms with Crippen molar-refractivity contribution in [3.63, 3.8) is 0 Å². The van der Waals surface area contributed by atoms with Gasteiger partial charge in [-0.05, 0) is 19.3 Å². The van der Waals surface area contributed by atoms with E-state index >= 15 is 0 Å². The molecule has 126 valence electrons. The predicted molar refractivity (Wildman–Crippen MR) is 90.3 cm³/mol. The van der Waals surface area contributed by atoms with Crippen molar-refractivity contribution in [2.45, 2.75) is 90.4 Å². The summed E-state index contributed by atoms with van der Waals surface area (Å²) in [4.78, 5) is 11.4. The van der Waals surface area contributed by atoms with E-state index < -0.39 is 0 Å². The van der Waals surface area contributed by atoms with Crippen molar-refractivity contribution in [2.24, 2.45) is 11.7 Å². The zero-order valence-electron chi connectivity index (χ0n) is 14.4. The van der Waals surface area contributed by atoms with Crippen molar-refractivity contribution in [3.05, 3.63) is 0 Å². The maximum atomic E-state index is 11.4. The van der Waals surface area contributed by atoms with Gasteiger partial charge in [-0.2, -0.15) is 0 Å². The van der Waals surface area contributed by atoms with Crippen LogP contribution in [0.1, 0.15) is 90.4 Å². The van der Waals surface area contributed by atoms with Gasteiger partial charge >= 0.3 is 0 Å². The molecule has 3 nitrogen and oxygen atoms in total. The van der Waals surface area contributed by atoms with Gasteiger partial charge in [0.05, 0.1) is 0 Å². The number of carbonyl (C=O) groups is 1. The van der Waals surface area contributed by atoms with E-state index in [9.17, 15) is 4.79 Å². The molecule has 0 aromatic rings. The number of hydrogen-bond acceptors (Lipinski definition) is 2. The molecule has 0 aliphatic heterocycles. The van der Waals surface area contributed by atoms with E-state index in [1.165, 1.54) is 57.8 Å². The Bertz CT molecular complexity index is 231. The van der Waals surface area contributed by atoms with Crippen LogP contribution in [-0.2, 0) is 9.53 Å². The Labute approximate surface area is 132 Å². The molecule has 0 saturated carbocycles. The summed E-state index contributed by atoms with van der Waals surface area (Å²) in [5, 5.41) is 0. The fourth-order valence-corrected chi connectivity index (χ4v) is 2.78. The highest BCUT2D eigenvalue weighted by Gasteiger charge is 2.14. The molecule has 0 heterocycles. The molecule has 0 saturated heterocycles. The van der Waals surface area contributed by atoms with Crippen molar-refractivity contribution in [1.29, 1.82) is 0 Å². The number of carbonyl (C=O) groups excluding carboxylic acids is 1. The second-order valence-corrected chi connectivity index (χ2v) is 6.20. The highest BCUT2D eigenvalue weighted by molar-refractivity contribution is 5.76. The Morgan fingerprint density at radius 1 is 0.857 bits per heavy atom. The lowest BCUT2D eigenvalue weighted by molar-refractivity contribution is -0.122. The van der Waals surface area contributed by atoms with Crippen LogP contribution >= 0.6 is 0 Å². The number of rotatable bonds is 16. The molecule has 2 N–H and O–H groups in total. The van der Waals surface area contributed by atoms with E-state index in [4.69, 9.17) is 10.5 Å². The first-order valence-corrected chi connectivity index (χ1v) is 9.00. The molecule has 0 rings (SSSR count). The third kappa shape index (κ3) is 14.1. The molecule has 0 aromatic heterocycles. The van der Waals surface area contributed by atoms with E-state index in [-0.39, 0.29) is 11.8 Å². The monoisotopic (exact) mass is 299 g/mol. The van der Waals surface area contributed by atoms with E-state index in [1.807, 2.05) is 0 Å². The molecule has 3 heteroatoms. The summed E-state index contributed by atoms with van der Waals surface area (Å²) >= 11 is 0. The molecular weight excluding hydrogens is 262 g/mol. The van der Waals surface area contributed by atoms with Crippen LogP contribution in [0.5, 0.6) is 0 Å². The lowest BCUT2D eigenvalue weighted by Crippen LogP contribution is -2.23. The SMILES string of the molecule is CCCCCCCCCCCCC(CCCOC)C(N)=O. The fourth-order valence-electron chi connectivity index (χ4n) is 2.78. The number of primary amides is 1. The van der Waals surface area contributed by atoms with Gasteiger partial charge in [0, 0.05) is 19.6 Å². The van der Waals surface area contributed by atoms with Gasteiger partial charge < -0.3 is 10.5 Å². The number of nitrogens with two attached hydrogens (primary N) is 1. The molecule has 0 aliphatic carbocycles. The van der Waals surface area contributed by atoms with E-state index in [0.717, 1.165) is 32.3 Å². The van der Waals surface area contributed by atoms with Crippen LogP contribution in [0.2, 0.25) is 0 Å². The van der Waals surface area contributed by atoms with Gasteiger partial charge in [0.25, 0.3) is 0 Å².